The SMILES string of the molecule is Cc1cc(C)cc(NS(=O)(=O)c2ccc(-c3cnc(C4CC4)o3)s2)c1. The summed E-state index contributed by atoms with van der Waals surface area (Å²) < 4.78 is 34.0. The third kappa shape index (κ3) is 3.48. The molecule has 0 spiro atoms. The molecule has 2 aromatic heterocycles. The van der Waals surface area contributed by atoms with Crippen LogP contribution in [0, 0.1) is 13.8 Å². The van der Waals surface area contributed by atoms with Crippen molar-refractivity contribution < 1.29 is 12.8 Å². The maximum Gasteiger partial charge on any atom is 0.271 e. The number of hydrogen-bond donors (Lipinski definition) is 1. The number of oxazole rings is 1. The van der Waals surface area contributed by atoms with Crippen LogP contribution in [0.2, 0.25) is 0 Å². The average molecular weight is 374 g/mol. The van der Waals surface area contributed by atoms with Crippen molar-refractivity contribution in [1.82, 2.24) is 4.98 Å². The van der Waals surface area contributed by atoms with Gasteiger partial charge in [0.1, 0.15) is 4.21 Å². The van der Waals surface area contributed by atoms with Crippen molar-refractivity contribution in [3.05, 3.63) is 53.5 Å². The first-order valence-corrected chi connectivity index (χ1v) is 10.4. The number of anilines is 1. The zero-order valence-corrected chi connectivity index (χ0v) is 15.6. The molecule has 1 fully saturated rings. The van der Waals surface area contributed by atoms with E-state index in [4.69, 9.17) is 4.42 Å². The van der Waals surface area contributed by atoms with Gasteiger partial charge in [0, 0.05) is 11.6 Å². The van der Waals surface area contributed by atoms with Crippen molar-refractivity contribution in [3.63, 3.8) is 0 Å². The van der Waals surface area contributed by atoms with Crippen LogP contribution in [0.1, 0.15) is 35.8 Å². The Balaban J connectivity index is 1.59. The van der Waals surface area contributed by atoms with Crippen molar-refractivity contribution in [1.29, 1.82) is 0 Å². The van der Waals surface area contributed by atoms with Crippen LogP contribution in [0.4, 0.5) is 5.69 Å². The lowest BCUT2D eigenvalue weighted by atomic mass is 10.1. The Kier molecular flexibility index (Phi) is 3.92. The number of aromatic nitrogens is 1. The highest BCUT2D eigenvalue weighted by Gasteiger charge is 2.29. The van der Waals surface area contributed by atoms with Gasteiger partial charge in [-0.2, -0.15) is 0 Å². The minimum atomic E-state index is -3.62. The molecule has 0 amide bonds. The molecule has 2 heterocycles. The second kappa shape index (κ2) is 6.00. The van der Waals surface area contributed by atoms with Crippen molar-refractivity contribution in [2.45, 2.75) is 36.8 Å². The molecule has 0 atom stereocenters. The van der Waals surface area contributed by atoms with Crippen LogP contribution in [0.5, 0.6) is 0 Å². The first-order chi connectivity index (χ1) is 11.9. The quantitative estimate of drug-likeness (QED) is 0.703. The van der Waals surface area contributed by atoms with E-state index < -0.39 is 10.0 Å². The summed E-state index contributed by atoms with van der Waals surface area (Å²) in [6.07, 6.45) is 3.90. The van der Waals surface area contributed by atoms with E-state index in [1.54, 1.807) is 18.3 Å². The smallest absolute Gasteiger partial charge is 0.271 e. The number of sulfonamides is 1. The van der Waals surface area contributed by atoms with Crippen molar-refractivity contribution in [3.8, 4) is 10.6 Å². The van der Waals surface area contributed by atoms with Gasteiger partial charge in [0.25, 0.3) is 10.0 Å². The predicted molar refractivity (Wildman–Crippen MR) is 98.5 cm³/mol. The van der Waals surface area contributed by atoms with Gasteiger partial charge in [-0.15, -0.1) is 11.3 Å². The van der Waals surface area contributed by atoms with E-state index in [0.717, 1.165) is 34.7 Å². The van der Waals surface area contributed by atoms with Gasteiger partial charge >= 0.3 is 0 Å². The molecular weight excluding hydrogens is 356 g/mol. The first-order valence-electron chi connectivity index (χ1n) is 8.08. The summed E-state index contributed by atoms with van der Waals surface area (Å²) in [4.78, 5) is 5.05. The molecule has 1 N–H and O–H groups in total. The van der Waals surface area contributed by atoms with Crippen molar-refractivity contribution >= 4 is 27.0 Å². The van der Waals surface area contributed by atoms with Gasteiger partial charge in [0.2, 0.25) is 0 Å². The lowest BCUT2D eigenvalue weighted by Gasteiger charge is -2.08. The highest BCUT2D eigenvalue weighted by molar-refractivity contribution is 7.94. The average Bonchev–Trinajstić information content (AvgIpc) is 3.06. The largest absolute Gasteiger partial charge is 0.440 e. The lowest BCUT2D eigenvalue weighted by Crippen LogP contribution is -2.11. The van der Waals surface area contributed by atoms with E-state index in [2.05, 4.69) is 9.71 Å². The van der Waals surface area contributed by atoms with E-state index in [-0.39, 0.29) is 4.21 Å². The molecule has 4 rings (SSSR count). The third-order valence-corrected chi connectivity index (χ3v) is 6.99. The summed E-state index contributed by atoms with van der Waals surface area (Å²) in [7, 11) is -3.62. The zero-order chi connectivity index (χ0) is 17.6. The summed E-state index contributed by atoms with van der Waals surface area (Å²) in [5, 5.41) is 0. The highest BCUT2D eigenvalue weighted by Crippen LogP contribution is 2.41. The fourth-order valence-corrected chi connectivity index (χ4v) is 5.05. The Morgan fingerprint density at radius 3 is 2.56 bits per heavy atom. The molecule has 1 aliphatic carbocycles. The number of aryl methyl sites for hydroxylation is 2. The molecular formula is C18H18N2O3S2. The van der Waals surface area contributed by atoms with Gasteiger partial charge in [0.15, 0.2) is 11.7 Å². The van der Waals surface area contributed by atoms with Crippen molar-refractivity contribution in [2.75, 3.05) is 4.72 Å². The Bertz CT molecular complexity index is 1010. The summed E-state index contributed by atoms with van der Waals surface area (Å²) in [6, 6.07) is 9.00. The van der Waals surface area contributed by atoms with Gasteiger partial charge in [0.05, 0.1) is 11.1 Å². The molecule has 3 aromatic rings. The number of nitrogens with zero attached hydrogens (tertiary/aromatic N) is 1. The number of benzene rings is 1. The maximum atomic E-state index is 12.6. The predicted octanol–water partition coefficient (Wildman–Crippen LogP) is 4.70. The van der Waals surface area contributed by atoms with Gasteiger partial charge in [-0.05, 0) is 62.1 Å². The Labute approximate surface area is 150 Å². The number of hydrogen-bond acceptors (Lipinski definition) is 5. The molecule has 130 valence electrons. The van der Waals surface area contributed by atoms with Crippen LogP contribution in [-0.2, 0) is 10.0 Å². The fraction of sp³-hybridized carbons (Fsp3) is 0.278. The Hall–Kier alpha value is -2.12. The molecule has 0 saturated heterocycles. The first kappa shape index (κ1) is 16.4. The summed E-state index contributed by atoms with van der Waals surface area (Å²) in [5.74, 6) is 1.81. The lowest BCUT2D eigenvalue weighted by molar-refractivity contribution is 0.510. The molecule has 7 heteroatoms. The molecule has 0 radical (unpaired) electrons. The minimum Gasteiger partial charge on any atom is -0.440 e. The molecule has 0 unspecified atom stereocenters. The summed E-state index contributed by atoms with van der Waals surface area (Å²) in [6.45, 7) is 3.88. The van der Waals surface area contributed by atoms with Crippen LogP contribution in [0.15, 0.2) is 45.2 Å². The summed E-state index contributed by atoms with van der Waals surface area (Å²) in [5.41, 5.74) is 2.60. The molecule has 25 heavy (non-hydrogen) atoms. The monoisotopic (exact) mass is 374 g/mol. The summed E-state index contributed by atoms with van der Waals surface area (Å²) >= 11 is 1.18. The van der Waals surface area contributed by atoms with Gasteiger partial charge < -0.3 is 4.42 Å². The standard InChI is InChI=1S/C18H18N2O3S2/c1-11-7-12(2)9-14(8-11)20-25(21,22)17-6-5-16(24-17)15-10-19-18(23-15)13-3-4-13/h5-10,13,20H,3-4H2,1-2H3. The van der Waals surface area contributed by atoms with Crippen LogP contribution in [0.3, 0.4) is 0 Å². The van der Waals surface area contributed by atoms with Gasteiger partial charge in [-0.3, -0.25) is 4.72 Å². The normalized spacial score (nSPS) is 14.6. The van der Waals surface area contributed by atoms with Gasteiger partial charge in [-0.25, -0.2) is 13.4 Å². The van der Waals surface area contributed by atoms with E-state index in [0.29, 0.717) is 17.4 Å². The molecule has 1 aliphatic rings. The maximum absolute atomic E-state index is 12.6. The fourth-order valence-electron chi connectivity index (χ4n) is 2.76. The number of rotatable bonds is 5. The van der Waals surface area contributed by atoms with E-state index in [1.165, 1.54) is 11.3 Å². The second-order valence-corrected chi connectivity index (χ2v) is 9.43. The third-order valence-electron chi connectivity index (χ3n) is 4.01. The molecule has 0 bridgehead atoms. The van der Waals surface area contributed by atoms with Crippen molar-refractivity contribution in [2.24, 2.45) is 0 Å². The Morgan fingerprint density at radius 1 is 1.16 bits per heavy atom. The van der Waals surface area contributed by atoms with Crippen LogP contribution in [0.25, 0.3) is 10.6 Å². The topological polar surface area (TPSA) is 72.2 Å². The van der Waals surface area contributed by atoms with Crippen LogP contribution < -0.4 is 4.72 Å². The van der Waals surface area contributed by atoms with E-state index >= 15 is 0 Å². The molecule has 5 nitrogen and oxygen atoms in total. The molecule has 1 saturated carbocycles. The van der Waals surface area contributed by atoms with Crippen LogP contribution >= 0.6 is 11.3 Å². The van der Waals surface area contributed by atoms with E-state index in [9.17, 15) is 8.42 Å². The Morgan fingerprint density at radius 2 is 1.88 bits per heavy atom. The zero-order valence-electron chi connectivity index (χ0n) is 13.9. The second-order valence-electron chi connectivity index (χ2n) is 6.44. The molecule has 1 aromatic carbocycles. The molecule has 0 aliphatic heterocycles. The highest BCUT2D eigenvalue weighted by atomic mass is 32.2. The number of nitrogens with one attached hydrogen (secondary N) is 1. The van der Waals surface area contributed by atoms with E-state index in [1.807, 2.05) is 32.0 Å². The van der Waals surface area contributed by atoms with Crippen LogP contribution in [-0.4, -0.2) is 13.4 Å². The number of thiophene rings is 1. The minimum absolute atomic E-state index is 0.256. The van der Waals surface area contributed by atoms with Gasteiger partial charge in [-0.1, -0.05) is 6.07 Å².